The number of anilines is 2. The molecule has 1 N–H and O–H groups in total. The molecule has 1 saturated heterocycles. The van der Waals surface area contributed by atoms with Crippen LogP contribution in [0.1, 0.15) is 42.3 Å². The van der Waals surface area contributed by atoms with Gasteiger partial charge in [0.05, 0.1) is 34.0 Å². The maximum absolute atomic E-state index is 13.7. The molecule has 1 fully saturated rings. The number of benzene rings is 1. The van der Waals surface area contributed by atoms with E-state index in [4.69, 9.17) is 9.47 Å². The fourth-order valence-corrected chi connectivity index (χ4v) is 5.01. The number of rotatable bonds is 4. The predicted molar refractivity (Wildman–Crippen MR) is 137 cm³/mol. The van der Waals surface area contributed by atoms with Crippen molar-refractivity contribution in [2.24, 2.45) is 4.36 Å². The molecule has 41 heavy (non-hydrogen) atoms. The molecule has 1 aliphatic rings. The van der Waals surface area contributed by atoms with Gasteiger partial charge in [-0.15, -0.1) is 4.36 Å². The minimum Gasteiger partial charge on any atom is -0.442 e. The molecule has 2 aromatic rings. The standard InChI is InChI=1S/C25H28F6N4O5S/c1-14-17(24(26,27)28)12-32-20(35-9-10-39-18(13-35)25(29,30)31)19(14)21(36)33-15-7-6-8-16(11-15)41(5,38)34-22(37)40-23(2,3)4/h6-8,11-12,18H,9-10,13H2,1-5H3,(H,33,36)/t18-,41+/m0/s1. The number of hydrogen-bond acceptors (Lipinski definition) is 7. The summed E-state index contributed by atoms with van der Waals surface area (Å²) >= 11 is 0. The normalized spacial score (nSPS) is 17.9. The highest BCUT2D eigenvalue weighted by atomic mass is 32.2. The van der Waals surface area contributed by atoms with Gasteiger partial charge in [-0.2, -0.15) is 26.3 Å². The number of pyridine rings is 1. The van der Waals surface area contributed by atoms with Crippen LogP contribution in [0.4, 0.5) is 42.6 Å². The Balaban J connectivity index is 2.01. The van der Waals surface area contributed by atoms with Crippen LogP contribution in [0.15, 0.2) is 39.7 Å². The number of halogens is 6. The summed E-state index contributed by atoms with van der Waals surface area (Å²) in [5, 5.41) is 2.39. The second-order valence-corrected chi connectivity index (χ2v) is 12.5. The molecule has 226 valence electrons. The highest BCUT2D eigenvalue weighted by molar-refractivity contribution is 7.93. The smallest absolute Gasteiger partial charge is 0.442 e. The number of nitrogens with zero attached hydrogens (tertiary/aromatic N) is 3. The van der Waals surface area contributed by atoms with Gasteiger partial charge in [-0.25, -0.2) is 14.0 Å². The summed E-state index contributed by atoms with van der Waals surface area (Å²) in [6.45, 7) is 4.43. The zero-order chi connectivity index (χ0) is 31.0. The van der Waals surface area contributed by atoms with E-state index >= 15 is 0 Å². The number of amides is 2. The van der Waals surface area contributed by atoms with Crippen LogP contribution in [0.5, 0.6) is 0 Å². The molecule has 0 unspecified atom stereocenters. The zero-order valence-corrected chi connectivity index (χ0v) is 23.5. The molecule has 16 heteroatoms. The van der Waals surface area contributed by atoms with E-state index in [0.717, 1.165) is 18.1 Å². The van der Waals surface area contributed by atoms with Gasteiger partial charge >= 0.3 is 18.4 Å². The van der Waals surface area contributed by atoms with E-state index in [0.29, 0.717) is 6.20 Å². The Bertz CT molecular complexity index is 1450. The van der Waals surface area contributed by atoms with Crippen LogP contribution in [0, 0.1) is 6.92 Å². The van der Waals surface area contributed by atoms with Crippen LogP contribution in [0.3, 0.4) is 0 Å². The van der Waals surface area contributed by atoms with Gasteiger partial charge in [0.15, 0.2) is 6.10 Å². The van der Waals surface area contributed by atoms with Gasteiger partial charge in [0.25, 0.3) is 5.91 Å². The molecular weight excluding hydrogens is 582 g/mol. The number of hydrogen-bond donors (Lipinski definition) is 1. The Morgan fingerprint density at radius 1 is 1.17 bits per heavy atom. The molecule has 2 atom stereocenters. The zero-order valence-electron chi connectivity index (χ0n) is 22.6. The van der Waals surface area contributed by atoms with Gasteiger partial charge in [0, 0.05) is 29.6 Å². The Hall–Kier alpha value is -3.40. The highest BCUT2D eigenvalue weighted by Crippen LogP contribution is 2.37. The minimum absolute atomic E-state index is 0.00136. The summed E-state index contributed by atoms with van der Waals surface area (Å²) in [5.74, 6) is -1.49. The fraction of sp³-hybridized carbons (Fsp3) is 0.480. The van der Waals surface area contributed by atoms with E-state index in [1.54, 1.807) is 20.8 Å². The van der Waals surface area contributed by atoms with Crippen molar-refractivity contribution >= 4 is 33.2 Å². The number of carbonyl (C=O) groups excluding carboxylic acids is 2. The van der Waals surface area contributed by atoms with Crippen molar-refractivity contribution in [1.82, 2.24) is 4.98 Å². The molecule has 2 heterocycles. The van der Waals surface area contributed by atoms with Crippen molar-refractivity contribution in [2.45, 2.75) is 56.6 Å². The van der Waals surface area contributed by atoms with Gasteiger partial charge in [0.1, 0.15) is 11.4 Å². The van der Waals surface area contributed by atoms with Crippen molar-refractivity contribution in [3.05, 3.63) is 47.2 Å². The van der Waals surface area contributed by atoms with E-state index in [1.165, 1.54) is 24.3 Å². The third-order valence-corrected chi connectivity index (χ3v) is 7.38. The first-order valence-electron chi connectivity index (χ1n) is 12.1. The third kappa shape index (κ3) is 8.09. The number of nitrogens with one attached hydrogen (secondary N) is 1. The Morgan fingerprint density at radius 2 is 1.83 bits per heavy atom. The molecule has 0 saturated carbocycles. The Kier molecular flexibility index (Phi) is 8.98. The Morgan fingerprint density at radius 3 is 2.41 bits per heavy atom. The van der Waals surface area contributed by atoms with E-state index in [-0.39, 0.29) is 22.9 Å². The lowest BCUT2D eigenvalue weighted by Gasteiger charge is -2.35. The van der Waals surface area contributed by atoms with Gasteiger partial charge in [-0.1, -0.05) is 6.07 Å². The van der Waals surface area contributed by atoms with Gasteiger partial charge in [0.2, 0.25) is 0 Å². The molecule has 0 spiro atoms. The van der Waals surface area contributed by atoms with E-state index < -0.39 is 75.6 Å². The SMILES string of the molecule is Cc1c(C(F)(F)F)cnc(N2CCO[C@H](C(F)(F)F)C2)c1C(=O)Nc1cccc([S@@](C)(=O)=NC(=O)OC(C)(C)C)c1. The maximum Gasteiger partial charge on any atom is 0.442 e. The summed E-state index contributed by atoms with van der Waals surface area (Å²) in [6.07, 6.45) is -11.4. The largest absolute Gasteiger partial charge is 0.442 e. The summed E-state index contributed by atoms with van der Waals surface area (Å²) in [4.78, 5) is 30.3. The monoisotopic (exact) mass is 610 g/mol. The lowest BCUT2D eigenvalue weighted by molar-refractivity contribution is -0.221. The summed E-state index contributed by atoms with van der Waals surface area (Å²) < 4.78 is 108. The summed E-state index contributed by atoms with van der Waals surface area (Å²) in [6, 6.07) is 5.28. The minimum atomic E-state index is -4.90. The molecule has 1 aromatic carbocycles. The maximum atomic E-state index is 13.7. The molecule has 0 bridgehead atoms. The average molecular weight is 611 g/mol. The Labute approximate surface area is 232 Å². The molecule has 0 aliphatic carbocycles. The average Bonchev–Trinajstić information content (AvgIpc) is 2.81. The van der Waals surface area contributed by atoms with Crippen molar-refractivity contribution in [3.63, 3.8) is 0 Å². The van der Waals surface area contributed by atoms with E-state index in [2.05, 4.69) is 14.7 Å². The first-order valence-corrected chi connectivity index (χ1v) is 14.0. The predicted octanol–water partition coefficient (Wildman–Crippen LogP) is 5.82. The van der Waals surface area contributed by atoms with Crippen LogP contribution >= 0.6 is 0 Å². The fourth-order valence-electron chi connectivity index (χ4n) is 3.91. The second kappa shape index (κ2) is 11.5. The first kappa shape index (κ1) is 32.1. The van der Waals surface area contributed by atoms with Crippen molar-refractivity contribution in [1.29, 1.82) is 0 Å². The number of alkyl halides is 6. The molecule has 1 aromatic heterocycles. The van der Waals surface area contributed by atoms with Gasteiger partial charge in [-0.05, 0) is 51.5 Å². The van der Waals surface area contributed by atoms with Crippen molar-refractivity contribution < 1.29 is 49.6 Å². The van der Waals surface area contributed by atoms with Crippen LogP contribution < -0.4 is 10.2 Å². The number of aromatic nitrogens is 1. The second-order valence-electron chi connectivity index (χ2n) is 10.2. The number of morpholine rings is 1. The molecular formula is C25H28F6N4O5S. The van der Waals surface area contributed by atoms with Crippen LogP contribution in [0.25, 0.3) is 0 Å². The first-order chi connectivity index (χ1) is 18.7. The van der Waals surface area contributed by atoms with Gasteiger partial charge in [-0.3, -0.25) is 4.79 Å². The number of carbonyl (C=O) groups is 2. The van der Waals surface area contributed by atoms with Gasteiger partial charge < -0.3 is 19.7 Å². The van der Waals surface area contributed by atoms with E-state index in [1.807, 2.05) is 0 Å². The van der Waals surface area contributed by atoms with Crippen LogP contribution in [0.2, 0.25) is 0 Å². The molecule has 9 nitrogen and oxygen atoms in total. The molecule has 1 aliphatic heterocycles. The van der Waals surface area contributed by atoms with E-state index in [9.17, 15) is 40.1 Å². The topological polar surface area (TPSA) is 110 Å². The van der Waals surface area contributed by atoms with Crippen LogP contribution in [-0.4, -0.2) is 65.0 Å². The lowest BCUT2D eigenvalue weighted by atomic mass is 10.0. The third-order valence-electron chi connectivity index (χ3n) is 5.75. The molecule has 2 amide bonds. The van der Waals surface area contributed by atoms with Crippen molar-refractivity contribution in [2.75, 3.05) is 36.2 Å². The lowest BCUT2D eigenvalue weighted by Crippen LogP contribution is -2.50. The molecule has 0 radical (unpaired) electrons. The van der Waals surface area contributed by atoms with Crippen molar-refractivity contribution in [3.8, 4) is 0 Å². The summed E-state index contributed by atoms with van der Waals surface area (Å²) in [7, 11) is -3.38. The number of ether oxygens (including phenoxy) is 2. The molecule has 3 rings (SSSR count). The van der Waals surface area contributed by atoms with Crippen LogP contribution in [-0.2, 0) is 25.4 Å². The quantitative estimate of drug-likeness (QED) is 0.435. The summed E-state index contributed by atoms with van der Waals surface area (Å²) in [5.41, 5.74) is -3.32. The highest BCUT2D eigenvalue weighted by Gasteiger charge is 2.44.